The lowest BCUT2D eigenvalue weighted by atomic mass is 9.47. The highest BCUT2D eigenvalue weighted by molar-refractivity contribution is 5.89. The molecule has 39 heavy (non-hydrogen) atoms. The van der Waals surface area contributed by atoms with Crippen LogP contribution in [0.2, 0.25) is 0 Å². The van der Waals surface area contributed by atoms with E-state index in [4.69, 9.17) is 9.47 Å². The fourth-order valence-electron chi connectivity index (χ4n) is 9.83. The summed E-state index contributed by atoms with van der Waals surface area (Å²) in [4.78, 5) is 12.9. The number of allylic oxidation sites excluding steroid dienone is 1. The summed E-state index contributed by atoms with van der Waals surface area (Å²) in [5, 5.41) is 0. The second kappa shape index (κ2) is 11.6. The second-order valence-corrected chi connectivity index (χ2v) is 14.5. The maximum atomic E-state index is 12.9. The van der Waals surface area contributed by atoms with Gasteiger partial charge in [-0.3, -0.25) is 0 Å². The maximum absolute atomic E-state index is 12.9. The monoisotopic (exact) mass is 534 g/mol. The quantitative estimate of drug-likeness (QED) is 0.234. The number of hydrogen-bond donors (Lipinski definition) is 0. The number of rotatable bonds is 9. The molecule has 0 unspecified atom stereocenters. The van der Waals surface area contributed by atoms with E-state index in [1.54, 1.807) is 5.57 Å². The average molecular weight is 535 g/mol. The van der Waals surface area contributed by atoms with Crippen molar-refractivity contribution in [1.82, 2.24) is 0 Å². The summed E-state index contributed by atoms with van der Waals surface area (Å²) in [6, 6.07) is 7.37. The van der Waals surface area contributed by atoms with E-state index in [9.17, 15) is 4.79 Å². The first-order valence-electron chi connectivity index (χ1n) is 16.3. The van der Waals surface area contributed by atoms with Crippen molar-refractivity contribution in [2.24, 2.45) is 46.3 Å². The standard InChI is InChI=1S/C36H54O3/c1-7-38-28-14-11-26(12-15-28)34(37)39-29-19-21-35(5)27(23-29)13-16-30-32-18-17-31(25(4)10-8-9-24(2)3)36(32,6)22-20-33(30)35/h11-15,24-25,29-33H,7-10,16-23H2,1-6H3/t25-,29+,30-,31+,32-,33-,35+,36-/m1/s1. The molecular formula is C36H54O3. The lowest BCUT2D eigenvalue weighted by Gasteiger charge is -2.58. The number of esters is 1. The molecule has 4 aliphatic carbocycles. The smallest absolute Gasteiger partial charge is 0.338 e. The molecule has 0 aromatic heterocycles. The molecule has 0 radical (unpaired) electrons. The topological polar surface area (TPSA) is 35.5 Å². The lowest BCUT2D eigenvalue weighted by molar-refractivity contribution is -0.0594. The molecule has 0 saturated heterocycles. The summed E-state index contributed by atoms with van der Waals surface area (Å²) in [5.74, 6) is 5.72. The van der Waals surface area contributed by atoms with Crippen molar-refractivity contribution in [1.29, 1.82) is 0 Å². The van der Waals surface area contributed by atoms with Crippen LogP contribution < -0.4 is 4.74 Å². The second-order valence-electron chi connectivity index (χ2n) is 14.5. The highest BCUT2D eigenvalue weighted by Crippen LogP contribution is 2.67. The molecule has 3 heteroatoms. The Morgan fingerprint density at radius 3 is 2.46 bits per heavy atom. The zero-order chi connectivity index (χ0) is 27.8. The third-order valence-corrected chi connectivity index (χ3v) is 11.9. The number of carbonyl (C=O) groups is 1. The zero-order valence-corrected chi connectivity index (χ0v) is 25.6. The Bertz CT molecular complexity index is 1020. The number of benzene rings is 1. The minimum Gasteiger partial charge on any atom is -0.494 e. The number of fused-ring (bicyclic) bond motifs is 5. The Morgan fingerprint density at radius 1 is 0.974 bits per heavy atom. The van der Waals surface area contributed by atoms with Gasteiger partial charge in [-0.2, -0.15) is 0 Å². The molecule has 3 saturated carbocycles. The summed E-state index contributed by atoms with van der Waals surface area (Å²) in [7, 11) is 0. The largest absolute Gasteiger partial charge is 0.494 e. The lowest BCUT2D eigenvalue weighted by Crippen LogP contribution is -2.51. The van der Waals surface area contributed by atoms with Crippen LogP contribution in [0.5, 0.6) is 5.75 Å². The summed E-state index contributed by atoms with van der Waals surface area (Å²) >= 11 is 0. The van der Waals surface area contributed by atoms with Crippen LogP contribution in [0.1, 0.15) is 123 Å². The van der Waals surface area contributed by atoms with E-state index in [1.165, 1.54) is 51.4 Å². The summed E-state index contributed by atoms with van der Waals surface area (Å²) in [6.07, 6.45) is 16.8. The van der Waals surface area contributed by atoms with Gasteiger partial charge in [0, 0.05) is 6.42 Å². The van der Waals surface area contributed by atoms with Crippen molar-refractivity contribution >= 4 is 5.97 Å². The van der Waals surface area contributed by atoms with Crippen molar-refractivity contribution < 1.29 is 14.3 Å². The van der Waals surface area contributed by atoms with Gasteiger partial charge in [0.2, 0.25) is 0 Å². The molecule has 1 aromatic carbocycles. The van der Waals surface area contributed by atoms with Crippen molar-refractivity contribution in [3.8, 4) is 5.75 Å². The van der Waals surface area contributed by atoms with Crippen LogP contribution in [0, 0.1) is 46.3 Å². The highest BCUT2D eigenvalue weighted by Gasteiger charge is 2.59. The molecule has 0 amide bonds. The van der Waals surface area contributed by atoms with Crippen molar-refractivity contribution in [2.75, 3.05) is 6.61 Å². The van der Waals surface area contributed by atoms with Gasteiger partial charge >= 0.3 is 5.97 Å². The van der Waals surface area contributed by atoms with Gasteiger partial charge in [-0.1, -0.05) is 65.5 Å². The molecule has 4 aliphatic rings. The van der Waals surface area contributed by atoms with Gasteiger partial charge in [-0.15, -0.1) is 0 Å². The van der Waals surface area contributed by atoms with E-state index in [1.807, 2.05) is 31.2 Å². The van der Waals surface area contributed by atoms with Gasteiger partial charge in [-0.25, -0.2) is 4.79 Å². The Balaban J connectivity index is 1.22. The van der Waals surface area contributed by atoms with Crippen LogP contribution in [-0.4, -0.2) is 18.7 Å². The van der Waals surface area contributed by atoms with Crippen LogP contribution in [0.25, 0.3) is 0 Å². The SMILES string of the molecule is CCOc1ccc(C(=O)O[C@H]2CC[C@@]3(C)C(=CC[C@@H]4[C@H]5CC[C@@H]([C@H](C)CCCC(C)C)[C@@]5(C)CC[C@H]43)C2)cc1. The fraction of sp³-hybridized carbons (Fsp3) is 0.750. The summed E-state index contributed by atoms with van der Waals surface area (Å²) in [5.41, 5.74) is 3.02. The molecule has 1 aromatic rings. The molecule has 0 spiro atoms. The van der Waals surface area contributed by atoms with E-state index in [2.05, 4.69) is 40.7 Å². The van der Waals surface area contributed by atoms with Crippen LogP contribution in [0.4, 0.5) is 0 Å². The van der Waals surface area contributed by atoms with E-state index in [0.717, 1.165) is 60.5 Å². The zero-order valence-electron chi connectivity index (χ0n) is 25.6. The predicted molar refractivity (Wildman–Crippen MR) is 160 cm³/mol. The van der Waals surface area contributed by atoms with Crippen LogP contribution in [0.15, 0.2) is 35.9 Å². The number of carbonyl (C=O) groups excluding carboxylic acids is 1. The van der Waals surface area contributed by atoms with Gasteiger partial charge < -0.3 is 9.47 Å². The Hall–Kier alpha value is -1.77. The average Bonchev–Trinajstić information content (AvgIpc) is 3.26. The molecular weight excluding hydrogens is 480 g/mol. The molecule has 216 valence electrons. The minimum absolute atomic E-state index is 0.00338. The minimum atomic E-state index is -0.200. The number of hydrogen-bond acceptors (Lipinski definition) is 3. The van der Waals surface area contributed by atoms with Gasteiger partial charge in [0.05, 0.1) is 12.2 Å². The van der Waals surface area contributed by atoms with Crippen molar-refractivity contribution in [3.05, 3.63) is 41.5 Å². The van der Waals surface area contributed by atoms with Crippen molar-refractivity contribution in [2.45, 2.75) is 118 Å². The molecule has 8 atom stereocenters. The summed E-state index contributed by atoms with van der Waals surface area (Å²) in [6.45, 7) is 15.1. The number of ether oxygens (including phenoxy) is 2. The van der Waals surface area contributed by atoms with Crippen LogP contribution >= 0.6 is 0 Å². The van der Waals surface area contributed by atoms with E-state index >= 15 is 0 Å². The van der Waals surface area contributed by atoms with Crippen LogP contribution in [-0.2, 0) is 4.74 Å². The maximum Gasteiger partial charge on any atom is 0.338 e. The molecule has 0 bridgehead atoms. The predicted octanol–water partition coefficient (Wildman–Crippen LogP) is 9.65. The molecule has 0 heterocycles. The van der Waals surface area contributed by atoms with Crippen molar-refractivity contribution in [3.63, 3.8) is 0 Å². The van der Waals surface area contributed by atoms with Gasteiger partial charge in [0.1, 0.15) is 11.9 Å². The molecule has 3 nitrogen and oxygen atoms in total. The van der Waals surface area contributed by atoms with E-state index in [-0.39, 0.29) is 17.5 Å². The molecule has 0 N–H and O–H groups in total. The Labute approximate surface area is 238 Å². The first kappa shape index (κ1) is 28.7. The molecule has 3 fully saturated rings. The van der Waals surface area contributed by atoms with Gasteiger partial charge in [0.15, 0.2) is 0 Å². The third kappa shape index (κ3) is 5.58. The van der Waals surface area contributed by atoms with Crippen LogP contribution in [0.3, 0.4) is 0 Å². The van der Waals surface area contributed by atoms with Gasteiger partial charge in [0.25, 0.3) is 0 Å². The first-order chi connectivity index (χ1) is 18.7. The third-order valence-electron chi connectivity index (χ3n) is 11.9. The Kier molecular flexibility index (Phi) is 8.56. The summed E-state index contributed by atoms with van der Waals surface area (Å²) < 4.78 is 11.6. The Morgan fingerprint density at radius 2 is 1.74 bits per heavy atom. The molecule has 0 aliphatic heterocycles. The van der Waals surface area contributed by atoms with E-state index < -0.39 is 0 Å². The normalized spacial score (nSPS) is 36.4. The molecule has 5 rings (SSSR count). The van der Waals surface area contributed by atoms with E-state index in [0.29, 0.717) is 17.6 Å². The fourth-order valence-corrected chi connectivity index (χ4v) is 9.83. The first-order valence-corrected chi connectivity index (χ1v) is 16.3. The highest BCUT2D eigenvalue weighted by atomic mass is 16.5. The van der Waals surface area contributed by atoms with Gasteiger partial charge in [-0.05, 0) is 122 Å².